The lowest BCUT2D eigenvalue weighted by Crippen LogP contribution is -2.36. The minimum atomic E-state index is -0.428. The number of hydrogen-bond donors (Lipinski definition) is 0. The second-order valence-electron chi connectivity index (χ2n) is 7.07. The third-order valence-electron chi connectivity index (χ3n) is 3.62. The van der Waals surface area contributed by atoms with Gasteiger partial charge in [0.05, 0.1) is 12.2 Å². The van der Waals surface area contributed by atoms with Crippen LogP contribution >= 0.6 is 0 Å². The van der Waals surface area contributed by atoms with Crippen molar-refractivity contribution in [3.8, 4) is 11.1 Å². The highest BCUT2D eigenvalue weighted by molar-refractivity contribution is 5.81. The lowest BCUT2D eigenvalue weighted by atomic mass is 9.94. The van der Waals surface area contributed by atoms with E-state index in [4.69, 9.17) is 0 Å². The Bertz CT molecular complexity index is 707. The largest absolute Gasteiger partial charge is 0.347 e. The maximum absolute atomic E-state index is 12.5. The molecule has 0 aliphatic carbocycles. The molecule has 2 rings (SSSR count). The van der Waals surface area contributed by atoms with Gasteiger partial charge in [-0.3, -0.25) is 9.78 Å². The van der Waals surface area contributed by atoms with Crippen molar-refractivity contribution in [1.29, 1.82) is 0 Å². The van der Waals surface area contributed by atoms with Gasteiger partial charge in [0.1, 0.15) is 0 Å². The standard InChI is InChI=1S/C18H25N5O/c1-18(2,3)16(24)23(6)12-15-14(13-7-9-19-10-8-13)11-20-17(21-15)22(4)5/h7-11H,12H2,1-6H3. The van der Waals surface area contributed by atoms with Gasteiger partial charge in [-0.2, -0.15) is 0 Å². The van der Waals surface area contributed by atoms with Crippen LogP contribution in [0.25, 0.3) is 11.1 Å². The maximum Gasteiger partial charge on any atom is 0.228 e. The molecule has 128 valence electrons. The Kier molecular flexibility index (Phi) is 5.17. The maximum atomic E-state index is 12.5. The molecule has 0 fully saturated rings. The topological polar surface area (TPSA) is 62.2 Å². The summed E-state index contributed by atoms with van der Waals surface area (Å²) in [6.07, 6.45) is 5.29. The first-order valence-electron chi connectivity index (χ1n) is 7.89. The van der Waals surface area contributed by atoms with E-state index >= 15 is 0 Å². The third kappa shape index (κ3) is 4.07. The molecule has 0 aliphatic heterocycles. The number of carbonyl (C=O) groups is 1. The summed E-state index contributed by atoms with van der Waals surface area (Å²) >= 11 is 0. The molecule has 6 heteroatoms. The number of nitrogens with zero attached hydrogens (tertiary/aromatic N) is 5. The summed E-state index contributed by atoms with van der Waals surface area (Å²) in [5.41, 5.74) is 2.29. The molecule has 0 atom stereocenters. The Labute approximate surface area is 143 Å². The first-order chi connectivity index (χ1) is 11.2. The van der Waals surface area contributed by atoms with Gasteiger partial charge in [-0.1, -0.05) is 20.8 Å². The summed E-state index contributed by atoms with van der Waals surface area (Å²) in [5.74, 6) is 0.701. The molecule has 0 N–H and O–H groups in total. The van der Waals surface area contributed by atoms with Crippen LogP contribution in [0.3, 0.4) is 0 Å². The second kappa shape index (κ2) is 6.95. The third-order valence-corrected chi connectivity index (χ3v) is 3.62. The molecule has 0 saturated carbocycles. The number of hydrogen-bond acceptors (Lipinski definition) is 5. The van der Waals surface area contributed by atoms with Gasteiger partial charge in [0.25, 0.3) is 0 Å². The number of carbonyl (C=O) groups excluding carboxylic acids is 1. The van der Waals surface area contributed by atoms with E-state index < -0.39 is 5.41 Å². The lowest BCUT2D eigenvalue weighted by Gasteiger charge is -2.26. The Hall–Kier alpha value is -2.50. The van der Waals surface area contributed by atoms with Crippen LogP contribution < -0.4 is 4.90 Å². The number of amides is 1. The van der Waals surface area contributed by atoms with Gasteiger partial charge in [0.2, 0.25) is 11.9 Å². The Morgan fingerprint density at radius 2 is 1.75 bits per heavy atom. The molecule has 2 heterocycles. The zero-order chi connectivity index (χ0) is 17.9. The summed E-state index contributed by atoms with van der Waals surface area (Å²) in [6.45, 7) is 6.18. The van der Waals surface area contributed by atoms with E-state index in [1.54, 1.807) is 24.3 Å². The van der Waals surface area contributed by atoms with E-state index in [0.29, 0.717) is 12.5 Å². The van der Waals surface area contributed by atoms with Gasteiger partial charge in [-0.05, 0) is 17.7 Å². The van der Waals surface area contributed by atoms with Crippen LogP contribution in [0.1, 0.15) is 26.5 Å². The van der Waals surface area contributed by atoms with Crippen LogP contribution in [0.2, 0.25) is 0 Å². The molecule has 0 unspecified atom stereocenters. The molecule has 6 nitrogen and oxygen atoms in total. The molecule has 1 amide bonds. The average Bonchev–Trinajstić information content (AvgIpc) is 2.53. The summed E-state index contributed by atoms with van der Waals surface area (Å²) in [4.78, 5) is 29.2. The van der Waals surface area contributed by atoms with Crippen LogP contribution in [-0.4, -0.2) is 46.9 Å². The van der Waals surface area contributed by atoms with E-state index in [1.807, 2.05) is 58.1 Å². The minimum Gasteiger partial charge on any atom is -0.347 e. The highest BCUT2D eigenvalue weighted by Gasteiger charge is 2.26. The van der Waals surface area contributed by atoms with Gasteiger partial charge >= 0.3 is 0 Å². The lowest BCUT2D eigenvalue weighted by molar-refractivity contribution is -0.138. The van der Waals surface area contributed by atoms with Crippen molar-refractivity contribution in [3.63, 3.8) is 0 Å². The van der Waals surface area contributed by atoms with Gasteiger partial charge in [0.15, 0.2) is 0 Å². The van der Waals surface area contributed by atoms with E-state index in [-0.39, 0.29) is 5.91 Å². The Morgan fingerprint density at radius 3 is 2.29 bits per heavy atom. The fourth-order valence-corrected chi connectivity index (χ4v) is 2.38. The van der Waals surface area contributed by atoms with E-state index in [9.17, 15) is 4.79 Å². The second-order valence-corrected chi connectivity index (χ2v) is 7.07. The van der Waals surface area contributed by atoms with Crippen molar-refractivity contribution in [2.24, 2.45) is 5.41 Å². The fraction of sp³-hybridized carbons (Fsp3) is 0.444. The van der Waals surface area contributed by atoms with Crippen molar-refractivity contribution in [1.82, 2.24) is 19.9 Å². The minimum absolute atomic E-state index is 0.0770. The predicted molar refractivity (Wildman–Crippen MR) is 95.5 cm³/mol. The van der Waals surface area contributed by atoms with Crippen LogP contribution in [0.5, 0.6) is 0 Å². The molecule has 0 aromatic carbocycles. The summed E-state index contributed by atoms with van der Waals surface area (Å²) < 4.78 is 0. The molecule has 0 radical (unpaired) electrons. The first-order valence-corrected chi connectivity index (χ1v) is 7.89. The summed E-state index contributed by atoms with van der Waals surface area (Å²) in [6, 6.07) is 3.84. The van der Waals surface area contributed by atoms with Crippen molar-refractivity contribution >= 4 is 11.9 Å². The van der Waals surface area contributed by atoms with Crippen molar-refractivity contribution < 1.29 is 4.79 Å². The first kappa shape index (κ1) is 17.8. The van der Waals surface area contributed by atoms with E-state index in [0.717, 1.165) is 16.8 Å². The molecule has 0 saturated heterocycles. The SMILES string of the molecule is CN(Cc1nc(N(C)C)ncc1-c1ccncc1)C(=O)C(C)(C)C. The zero-order valence-electron chi connectivity index (χ0n) is 15.2. The van der Waals surface area contributed by atoms with Gasteiger partial charge in [0, 0.05) is 50.7 Å². The summed E-state index contributed by atoms with van der Waals surface area (Å²) in [7, 11) is 5.60. The number of pyridine rings is 1. The molecule has 2 aromatic heterocycles. The van der Waals surface area contributed by atoms with E-state index in [1.165, 1.54) is 0 Å². The predicted octanol–water partition coefficient (Wildman–Crippen LogP) is 2.61. The van der Waals surface area contributed by atoms with Crippen LogP contribution in [0.15, 0.2) is 30.7 Å². The summed E-state index contributed by atoms with van der Waals surface area (Å²) in [5, 5.41) is 0. The molecule has 2 aromatic rings. The normalized spacial score (nSPS) is 11.2. The number of aromatic nitrogens is 3. The van der Waals surface area contributed by atoms with Crippen molar-refractivity contribution in [2.75, 3.05) is 26.0 Å². The van der Waals surface area contributed by atoms with Gasteiger partial charge in [-0.15, -0.1) is 0 Å². The average molecular weight is 327 g/mol. The fourth-order valence-electron chi connectivity index (χ4n) is 2.38. The van der Waals surface area contributed by atoms with Crippen LogP contribution in [0, 0.1) is 5.41 Å². The monoisotopic (exact) mass is 327 g/mol. The van der Waals surface area contributed by atoms with E-state index in [2.05, 4.69) is 15.0 Å². The molecule has 0 bridgehead atoms. The van der Waals surface area contributed by atoms with Gasteiger partial charge < -0.3 is 9.80 Å². The highest BCUT2D eigenvalue weighted by Crippen LogP contribution is 2.25. The highest BCUT2D eigenvalue weighted by atomic mass is 16.2. The van der Waals surface area contributed by atoms with Crippen molar-refractivity contribution in [2.45, 2.75) is 27.3 Å². The molecular weight excluding hydrogens is 302 g/mol. The Balaban J connectivity index is 2.42. The molecule has 0 aliphatic rings. The zero-order valence-corrected chi connectivity index (χ0v) is 15.2. The quantitative estimate of drug-likeness (QED) is 0.864. The van der Waals surface area contributed by atoms with Gasteiger partial charge in [-0.25, -0.2) is 9.97 Å². The molecule has 24 heavy (non-hydrogen) atoms. The van der Waals surface area contributed by atoms with Crippen molar-refractivity contribution in [3.05, 3.63) is 36.4 Å². The molecular formula is C18H25N5O. The number of rotatable bonds is 4. The Morgan fingerprint density at radius 1 is 1.12 bits per heavy atom. The van der Waals surface area contributed by atoms with Crippen LogP contribution in [0.4, 0.5) is 5.95 Å². The smallest absolute Gasteiger partial charge is 0.228 e. The number of anilines is 1. The van der Waals surface area contributed by atoms with Crippen LogP contribution in [-0.2, 0) is 11.3 Å². The molecule has 0 spiro atoms.